The van der Waals surface area contributed by atoms with E-state index in [1.165, 1.54) is 11.1 Å². The second-order valence-corrected chi connectivity index (χ2v) is 12.5. The highest BCUT2D eigenvalue weighted by Gasteiger charge is 2.39. The minimum absolute atomic E-state index is 0.00197. The van der Waals surface area contributed by atoms with Gasteiger partial charge in [-0.25, -0.2) is 0 Å². The van der Waals surface area contributed by atoms with Gasteiger partial charge < -0.3 is 46.5 Å². The molecule has 10 heteroatoms. The van der Waals surface area contributed by atoms with Crippen molar-refractivity contribution in [2.75, 3.05) is 39.3 Å². The second kappa shape index (κ2) is 21.5. The number of unbranched alkanes of at least 4 members (excludes halogenated alkanes) is 4. The summed E-state index contributed by atoms with van der Waals surface area (Å²) in [7, 11) is 0. The summed E-state index contributed by atoms with van der Waals surface area (Å²) in [4.78, 5) is 14.3. The van der Waals surface area contributed by atoms with Gasteiger partial charge in [0.1, 0.15) is 18.3 Å². The van der Waals surface area contributed by atoms with E-state index in [1.54, 1.807) is 0 Å². The van der Waals surface area contributed by atoms with E-state index in [-0.39, 0.29) is 19.1 Å². The van der Waals surface area contributed by atoms with Crippen molar-refractivity contribution in [1.82, 2.24) is 10.2 Å². The highest BCUT2D eigenvalue weighted by atomic mass is 16.7. The lowest BCUT2D eigenvalue weighted by Gasteiger charge is -2.38. The zero-order valence-electron chi connectivity index (χ0n) is 27.6. The fraction of sp³-hybridized carbons (Fsp3) is 0.639. The van der Waals surface area contributed by atoms with Crippen molar-refractivity contribution in [3.63, 3.8) is 0 Å². The molecule has 0 radical (unpaired) electrons. The van der Waals surface area contributed by atoms with Gasteiger partial charge in [-0.2, -0.15) is 0 Å². The van der Waals surface area contributed by atoms with Crippen molar-refractivity contribution >= 4 is 5.91 Å². The Hall–Kier alpha value is -2.41. The molecule has 1 aliphatic rings. The number of aliphatic hydroxyl groups excluding tert-OH is 3. The molecule has 10 nitrogen and oxygen atoms in total. The molecule has 1 heterocycles. The molecule has 0 aromatic heterocycles. The van der Waals surface area contributed by atoms with Crippen LogP contribution in [0, 0.1) is 0 Å². The Morgan fingerprint density at radius 2 is 1.65 bits per heavy atom. The molecule has 0 bridgehead atoms. The summed E-state index contributed by atoms with van der Waals surface area (Å²) in [6.45, 7) is 5.16. The van der Waals surface area contributed by atoms with Crippen LogP contribution in [0.5, 0.6) is 0 Å². The number of aliphatic hydroxyl groups is 3. The van der Waals surface area contributed by atoms with Crippen molar-refractivity contribution in [2.45, 2.75) is 108 Å². The number of benzene rings is 2. The summed E-state index contributed by atoms with van der Waals surface area (Å²) in [6.07, 6.45) is 4.39. The van der Waals surface area contributed by atoms with Crippen LogP contribution >= 0.6 is 0 Å². The lowest BCUT2D eigenvalue weighted by Crippen LogP contribution is -2.54. The van der Waals surface area contributed by atoms with Crippen molar-refractivity contribution in [1.29, 1.82) is 0 Å². The molecule has 0 aliphatic carbocycles. The standard InChI is InChI=1S/C36H58N4O6/c1-2-3-4-10-23-40(25-31(41)33(43)34-32(42)26-45-36(46-34)29-13-6-5-7-14-29)24-11-22-39-30(35(38)44)20-19-28-17-15-27(16-18-28)12-8-9-21-37/h5-7,13-18,30-34,36,39,41-43H,2-4,8-12,19-26,37H2,1H3,(H2,38,44)/t30-,31-,32+,33+,34+,36?/m0/s1. The molecule has 3 rings (SSSR count). The average molecular weight is 643 g/mol. The van der Waals surface area contributed by atoms with E-state index in [0.29, 0.717) is 26.1 Å². The summed E-state index contributed by atoms with van der Waals surface area (Å²) < 4.78 is 11.6. The summed E-state index contributed by atoms with van der Waals surface area (Å²) in [5.41, 5.74) is 14.6. The van der Waals surface area contributed by atoms with E-state index in [9.17, 15) is 20.1 Å². The van der Waals surface area contributed by atoms with E-state index < -0.39 is 36.7 Å². The Labute approximate surface area is 275 Å². The fourth-order valence-corrected chi connectivity index (χ4v) is 5.88. The summed E-state index contributed by atoms with van der Waals surface area (Å²) in [5, 5.41) is 36.0. The number of nitrogens with one attached hydrogen (secondary N) is 1. The molecule has 0 saturated carbocycles. The van der Waals surface area contributed by atoms with Crippen LogP contribution in [-0.4, -0.2) is 95.9 Å². The maximum Gasteiger partial charge on any atom is 0.234 e. The normalized spacial score (nSPS) is 20.4. The van der Waals surface area contributed by atoms with Gasteiger partial charge in [-0.05, 0) is 82.3 Å². The number of hydrogen-bond donors (Lipinski definition) is 6. The van der Waals surface area contributed by atoms with Gasteiger partial charge in [-0.3, -0.25) is 4.79 Å². The van der Waals surface area contributed by atoms with Gasteiger partial charge in [-0.1, -0.05) is 80.8 Å². The molecule has 1 aliphatic heterocycles. The molecule has 1 unspecified atom stereocenters. The topological polar surface area (TPSA) is 164 Å². The van der Waals surface area contributed by atoms with Crippen LogP contribution in [0.2, 0.25) is 0 Å². The van der Waals surface area contributed by atoms with E-state index in [0.717, 1.165) is 69.9 Å². The Bertz CT molecular complexity index is 1090. The molecule has 1 amide bonds. The van der Waals surface area contributed by atoms with Crippen molar-refractivity contribution < 1.29 is 29.6 Å². The largest absolute Gasteiger partial charge is 0.389 e. The predicted molar refractivity (Wildman–Crippen MR) is 181 cm³/mol. The van der Waals surface area contributed by atoms with Gasteiger partial charge in [0.25, 0.3) is 0 Å². The fourth-order valence-electron chi connectivity index (χ4n) is 5.88. The predicted octanol–water partition coefficient (Wildman–Crippen LogP) is 2.81. The van der Waals surface area contributed by atoms with Crippen LogP contribution < -0.4 is 16.8 Å². The third kappa shape index (κ3) is 13.4. The van der Waals surface area contributed by atoms with Crippen molar-refractivity contribution in [3.8, 4) is 0 Å². The monoisotopic (exact) mass is 642 g/mol. The molecule has 2 aromatic rings. The van der Waals surface area contributed by atoms with Crippen molar-refractivity contribution in [2.24, 2.45) is 11.5 Å². The number of ether oxygens (including phenoxy) is 2. The Morgan fingerprint density at radius 3 is 2.33 bits per heavy atom. The molecule has 8 N–H and O–H groups in total. The number of aryl methyl sites for hydroxylation is 2. The summed E-state index contributed by atoms with van der Waals surface area (Å²) in [6, 6.07) is 17.5. The second-order valence-electron chi connectivity index (χ2n) is 12.5. The maximum atomic E-state index is 12.2. The van der Waals surface area contributed by atoms with Crippen LogP contribution in [0.25, 0.3) is 0 Å². The number of amides is 1. The quantitative estimate of drug-likeness (QED) is 0.100. The Kier molecular flexibility index (Phi) is 17.7. The summed E-state index contributed by atoms with van der Waals surface area (Å²) in [5.74, 6) is -0.364. The molecular formula is C36H58N4O6. The van der Waals surface area contributed by atoms with Crippen LogP contribution in [-0.2, 0) is 27.1 Å². The first-order chi connectivity index (χ1) is 22.3. The Morgan fingerprint density at radius 1 is 0.957 bits per heavy atom. The molecule has 2 aromatic carbocycles. The smallest absolute Gasteiger partial charge is 0.234 e. The van der Waals surface area contributed by atoms with Crippen molar-refractivity contribution in [3.05, 3.63) is 71.3 Å². The van der Waals surface area contributed by atoms with E-state index in [1.807, 2.05) is 30.3 Å². The lowest BCUT2D eigenvalue weighted by atomic mass is 10.0. The zero-order chi connectivity index (χ0) is 33.1. The maximum absolute atomic E-state index is 12.2. The molecular weight excluding hydrogens is 584 g/mol. The van der Waals surface area contributed by atoms with Gasteiger partial charge in [-0.15, -0.1) is 0 Å². The molecule has 6 atom stereocenters. The number of primary amides is 1. The van der Waals surface area contributed by atoms with Crippen LogP contribution in [0.1, 0.15) is 81.3 Å². The van der Waals surface area contributed by atoms with E-state index in [4.69, 9.17) is 20.9 Å². The zero-order valence-corrected chi connectivity index (χ0v) is 27.6. The van der Waals surface area contributed by atoms with Gasteiger partial charge in [0.15, 0.2) is 6.29 Å². The number of carbonyl (C=O) groups is 1. The van der Waals surface area contributed by atoms with Gasteiger partial charge in [0.05, 0.1) is 18.8 Å². The molecule has 1 saturated heterocycles. The number of nitrogens with zero attached hydrogens (tertiary/aromatic N) is 1. The first-order valence-electron chi connectivity index (χ1n) is 17.2. The molecule has 258 valence electrons. The summed E-state index contributed by atoms with van der Waals surface area (Å²) >= 11 is 0. The number of carbonyl (C=O) groups excluding carboxylic acids is 1. The van der Waals surface area contributed by atoms with Crippen LogP contribution in [0.4, 0.5) is 0 Å². The Balaban J connectivity index is 1.48. The first-order valence-corrected chi connectivity index (χ1v) is 17.2. The lowest BCUT2D eigenvalue weighted by molar-refractivity contribution is -0.283. The number of hydrogen-bond acceptors (Lipinski definition) is 9. The van der Waals surface area contributed by atoms with Gasteiger partial charge >= 0.3 is 0 Å². The SMILES string of the molecule is CCCCCCN(CCCN[C@@H](CCc1ccc(CCCCN)cc1)C(N)=O)C[C@H](O)[C@@H](O)[C@@H]1OC(c2ccccc2)OC[C@H]1O. The molecule has 0 spiro atoms. The number of rotatable bonds is 23. The third-order valence-electron chi connectivity index (χ3n) is 8.70. The molecule has 46 heavy (non-hydrogen) atoms. The van der Waals surface area contributed by atoms with Gasteiger partial charge in [0.2, 0.25) is 5.91 Å². The number of nitrogens with two attached hydrogens (primary N) is 2. The van der Waals surface area contributed by atoms with Crippen LogP contribution in [0.3, 0.4) is 0 Å². The van der Waals surface area contributed by atoms with E-state index >= 15 is 0 Å². The average Bonchev–Trinajstić information content (AvgIpc) is 3.07. The third-order valence-corrected chi connectivity index (χ3v) is 8.70. The highest BCUT2D eigenvalue weighted by molar-refractivity contribution is 5.79. The van der Waals surface area contributed by atoms with Gasteiger partial charge in [0, 0.05) is 12.1 Å². The highest BCUT2D eigenvalue weighted by Crippen LogP contribution is 2.28. The van der Waals surface area contributed by atoms with Crippen LogP contribution in [0.15, 0.2) is 54.6 Å². The van der Waals surface area contributed by atoms with E-state index in [2.05, 4.69) is 41.4 Å². The minimum Gasteiger partial charge on any atom is -0.389 e. The first kappa shape index (κ1) is 38.0. The minimum atomic E-state index is -1.29. The molecule has 1 fully saturated rings.